The molecule has 1 aliphatic heterocycles. The number of aryl methyl sites for hydroxylation is 1. The summed E-state index contributed by atoms with van der Waals surface area (Å²) >= 11 is 3.36. The van der Waals surface area contributed by atoms with Gasteiger partial charge in [0.15, 0.2) is 0 Å². The first kappa shape index (κ1) is 17.7. The minimum absolute atomic E-state index is 0.0490. The Bertz CT molecular complexity index is 973. The van der Waals surface area contributed by atoms with Crippen LogP contribution in [0.4, 0.5) is 11.4 Å². The molecule has 0 atom stereocenters. The molecular formula is C17H12BrN3O5. The van der Waals surface area contributed by atoms with Crippen molar-refractivity contribution < 1.29 is 19.3 Å². The third-order valence-electron chi connectivity index (χ3n) is 3.91. The summed E-state index contributed by atoms with van der Waals surface area (Å²) in [6.07, 6.45) is 0. The maximum Gasteiger partial charge on any atom is 0.270 e. The second-order valence-corrected chi connectivity index (χ2v) is 6.55. The summed E-state index contributed by atoms with van der Waals surface area (Å²) in [6, 6.07) is 8.62. The zero-order valence-corrected chi connectivity index (χ0v) is 15.1. The molecule has 0 saturated heterocycles. The van der Waals surface area contributed by atoms with Gasteiger partial charge in [-0.1, -0.05) is 15.9 Å². The van der Waals surface area contributed by atoms with E-state index in [1.807, 2.05) is 6.92 Å². The monoisotopic (exact) mass is 417 g/mol. The first-order chi connectivity index (χ1) is 12.3. The second-order valence-electron chi connectivity index (χ2n) is 5.70. The molecule has 3 amide bonds. The number of nitrogens with zero attached hydrogens (tertiary/aromatic N) is 2. The van der Waals surface area contributed by atoms with Crippen molar-refractivity contribution >= 4 is 45.0 Å². The van der Waals surface area contributed by atoms with Gasteiger partial charge in [-0.25, -0.2) is 0 Å². The van der Waals surface area contributed by atoms with E-state index in [-0.39, 0.29) is 16.8 Å². The lowest BCUT2D eigenvalue weighted by molar-refractivity contribution is -0.384. The van der Waals surface area contributed by atoms with Crippen LogP contribution in [0.5, 0.6) is 0 Å². The van der Waals surface area contributed by atoms with Crippen molar-refractivity contribution in [3.63, 3.8) is 0 Å². The highest BCUT2D eigenvalue weighted by Crippen LogP contribution is 2.27. The number of hydrogen-bond acceptors (Lipinski definition) is 5. The number of fused-ring (bicyclic) bond motifs is 1. The fourth-order valence-electron chi connectivity index (χ4n) is 2.60. The summed E-state index contributed by atoms with van der Waals surface area (Å²) in [5.74, 6) is -1.92. The molecule has 8 nitrogen and oxygen atoms in total. The molecule has 1 N–H and O–H groups in total. The van der Waals surface area contributed by atoms with Gasteiger partial charge >= 0.3 is 0 Å². The van der Waals surface area contributed by atoms with Crippen molar-refractivity contribution in [3.05, 3.63) is 67.7 Å². The summed E-state index contributed by atoms with van der Waals surface area (Å²) in [5.41, 5.74) is 1.13. The average molecular weight is 418 g/mol. The maximum absolute atomic E-state index is 12.4. The summed E-state index contributed by atoms with van der Waals surface area (Å²) in [6.45, 7) is 1.38. The fourth-order valence-corrected chi connectivity index (χ4v) is 2.85. The quantitative estimate of drug-likeness (QED) is 0.467. The third-order valence-corrected chi connectivity index (χ3v) is 4.80. The number of non-ortho nitro benzene ring substituents is 1. The molecule has 0 bridgehead atoms. The van der Waals surface area contributed by atoms with E-state index < -0.39 is 29.2 Å². The SMILES string of the molecule is Cc1cc(NC(=O)CN2C(=O)c3ccc([N+](=O)[O-])cc3C2=O)ccc1Br. The lowest BCUT2D eigenvalue weighted by Crippen LogP contribution is -2.37. The highest BCUT2D eigenvalue weighted by Gasteiger charge is 2.37. The number of amides is 3. The van der Waals surface area contributed by atoms with Crippen LogP contribution in [0.15, 0.2) is 40.9 Å². The lowest BCUT2D eigenvalue weighted by atomic mass is 10.1. The zero-order chi connectivity index (χ0) is 19.0. The van der Waals surface area contributed by atoms with Crippen LogP contribution in [-0.4, -0.2) is 34.1 Å². The van der Waals surface area contributed by atoms with E-state index in [4.69, 9.17) is 0 Å². The zero-order valence-electron chi connectivity index (χ0n) is 13.5. The average Bonchev–Trinajstić information content (AvgIpc) is 2.82. The molecule has 3 rings (SSSR count). The van der Waals surface area contributed by atoms with Gasteiger partial charge < -0.3 is 5.32 Å². The van der Waals surface area contributed by atoms with E-state index in [2.05, 4.69) is 21.2 Å². The summed E-state index contributed by atoms with van der Waals surface area (Å²) in [5, 5.41) is 13.5. The highest BCUT2D eigenvalue weighted by molar-refractivity contribution is 9.10. The van der Waals surface area contributed by atoms with E-state index in [1.54, 1.807) is 18.2 Å². The molecule has 132 valence electrons. The predicted molar refractivity (Wildman–Crippen MR) is 96.0 cm³/mol. The Kier molecular flexibility index (Phi) is 4.56. The van der Waals surface area contributed by atoms with Crippen molar-refractivity contribution in [2.45, 2.75) is 6.92 Å². The Balaban J connectivity index is 1.76. The van der Waals surface area contributed by atoms with Crippen molar-refractivity contribution in [2.75, 3.05) is 11.9 Å². The van der Waals surface area contributed by atoms with Gasteiger partial charge in [0, 0.05) is 22.3 Å². The normalized spacial score (nSPS) is 12.9. The number of imide groups is 1. The Hall–Kier alpha value is -3.07. The van der Waals surface area contributed by atoms with E-state index in [0.29, 0.717) is 5.69 Å². The van der Waals surface area contributed by atoms with Gasteiger partial charge in [-0.3, -0.25) is 29.4 Å². The fraction of sp³-hybridized carbons (Fsp3) is 0.118. The van der Waals surface area contributed by atoms with Crippen LogP contribution in [0, 0.1) is 17.0 Å². The van der Waals surface area contributed by atoms with Gasteiger partial charge in [-0.15, -0.1) is 0 Å². The number of hydrogen-bond donors (Lipinski definition) is 1. The van der Waals surface area contributed by atoms with Gasteiger partial charge in [0.1, 0.15) is 6.54 Å². The molecular weight excluding hydrogens is 406 g/mol. The largest absolute Gasteiger partial charge is 0.325 e. The predicted octanol–water partition coefficient (Wildman–Crippen LogP) is 2.90. The third kappa shape index (κ3) is 3.21. The van der Waals surface area contributed by atoms with Crippen LogP contribution in [0.3, 0.4) is 0 Å². The summed E-state index contributed by atoms with van der Waals surface area (Å²) in [4.78, 5) is 47.8. The molecule has 0 fully saturated rings. The first-order valence-electron chi connectivity index (χ1n) is 7.48. The molecule has 2 aromatic rings. The lowest BCUT2D eigenvalue weighted by Gasteiger charge is -2.14. The van der Waals surface area contributed by atoms with Crippen molar-refractivity contribution in [2.24, 2.45) is 0 Å². The number of anilines is 1. The van der Waals surface area contributed by atoms with E-state index >= 15 is 0 Å². The molecule has 0 saturated carbocycles. The van der Waals surface area contributed by atoms with Crippen molar-refractivity contribution in [1.29, 1.82) is 0 Å². The number of nitro groups is 1. The van der Waals surface area contributed by atoms with Gasteiger partial charge in [0.2, 0.25) is 5.91 Å². The van der Waals surface area contributed by atoms with Crippen LogP contribution in [0.2, 0.25) is 0 Å². The highest BCUT2D eigenvalue weighted by atomic mass is 79.9. The van der Waals surface area contributed by atoms with Gasteiger partial charge in [0.25, 0.3) is 17.5 Å². The van der Waals surface area contributed by atoms with E-state index in [1.165, 1.54) is 6.07 Å². The van der Waals surface area contributed by atoms with Gasteiger partial charge in [-0.05, 0) is 36.8 Å². The van der Waals surface area contributed by atoms with Gasteiger partial charge in [-0.2, -0.15) is 0 Å². The van der Waals surface area contributed by atoms with Crippen molar-refractivity contribution in [3.8, 4) is 0 Å². The number of nitro benzene ring substituents is 1. The Morgan fingerprint density at radius 1 is 1.15 bits per heavy atom. The Labute approximate surface area is 156 Å². The topological polar surface area (TPSA) is 110 Å². The molecule has 0 spiro atoms. The Morgan fingerprint density at radius 2 is 1.85 bits per heavy atom. The van der Waals surface area contributed by atoms with Crippen molar-refractivity contribution in [1.82, 2.24) is 4.90 Å². The molecule has 26 heavy (non-hydrogen) atoms. The number of rotatable bonds is 4. The van der Waals surface area contributed by atoms with Gasteiger partial charge in [0.05, 0.1) is 16.1 Å². The smallest absolute Gasteiger partial charge is 0.270 e. The number of halogens is 1. The minimum atomic E-state index is -0.726. The van der Waals surface area contributed by atoms with E-state index in [0.717, 1.165) is 27.1 Å². The molecule has 0 aliphatic carbocycles. The van der Waals surface area contributed by atoms with Crippen LogP contribution < -0.4 is 5.32 Å². The summed E-state index contributed by atoms with van der Waals surface area (Å²) in [7, 11) is 0. The molecule has 9 heteroatoms. The standard InChI is InChI=1S/C17H12BrN3O5/c1-9-6-10(2-5-14(9)18)19-15(22)8-20-16(23)12-4-3-11(21(25)26)7-13(12)17(20)24/h2-7H,8H2,1H3,(H,19,22). The Morgan fingerprint density at radius 3 is 2.50 bits per heavy atom. The van der Waals surface area contributed by atoms with Crippen LogP contribution >= 0.6 is 15.9 Å². The molecule has 1 heterocycles. The number of carbonyl (C=O) groups is 3. The number of benzene rings is 2. The van der Waals surface area contributed by atoms with Crippen LogP contribution in [-0.2, 0) is 4.79 Å². The molecule has 0 unspecified atom stereocenters. The summed E-state index contributed by atoms with van der Waals surface area (Å²) < 4.78 is 0.887. The molecule has 2 aromatic carbocycles. The first-order valence-corrected chi connectivity index (χ1v) is 8.28. The maximum atomic E-state index is 12.4. The van der Waals surface area contributed by atoms with E-state index in [9.17, 15) is 24.5 Å². The molecule has 0 aromatic heterocycles. The molecule has 1 aliphatic rings. The minimum Gasteiger partial charge on any atom is -0.325 e. The molecule has 0 radical (unpaired) electrons. The number of carbonyl (C=O) groups excluding carboxylic acids is 3. The number of nitrogens with one attached hydrogen (secondary N) is 1. The van der Waals surface area contributed by atoms with Crippen LogP contribution in [0.1, 0.15) is 26.3 Å². The second kappa shape index (κ2) is 6.68. The van der Waals surface area contributed by atoms with Crippen LogP contribution in [0.25, 0.3) is 0 Å².